The van der Waals surface area contributed by atoms with Crippen molar-refractivity contribution >= 4 is 17.7 Å². The van der Waals surface area contributed by atoms with Crippen molar-refractivity contribution in [1.29, 1.82) is 0 Å². The Bertz CT molecular complexity index is 272. The molecule has 1 aromatic heterocycles. The summed E-state index contributed by atoms with van der Waals surface area (Å²) in [4.78, 5) is 17.4. The number of carbonyl (C=O) groups excluding carboxylic acids is 1. The van der Waals surface area contributed by atoms with E-state index >= 15 is 0 Å². The molecule has 4 nitrogen and oxygen atoms in total. The van der Waals surface area contributed by atoms with Crippen LogP contribution in [-0.4, -0.2) is 28.3 Å². The van der Waals surface area contributed by atoms with Gasteiger partial charge in [0.2, 0.25) is 0 Å². The van der Waals surface area contributed by atoms with E-state index in [2.05, 4.69) is 16.5 Å². The van der Waals surface area contributed by atoms with Crippen molar-refractivity contribution in [2.75, 3.05) is 12.4 Å². The van der Waals surface area contributed by atoms with Gasteiger partial charge in [0, 0.05) is 11.8 Å². The summed E-state index contributed by atoms with van der Waals surface area (Å²) in [5.74, 6) is 0.326. The number of hydrogen-bond acceptors (Lipinski definition) is 4. The quantitative estimate of drug-likeness (QED) is 0.334. The van der Waals surface area contributed by atoms with Gasteiger partial charge in [0.25, 0.3) is 0 Å². The summed E-state index contributed by atoms with van der Waals surface area (Å²) in [5.41, 5.74) is 0. The monoisotopic (exact) mass is 198 g/mol. The zero-order valence-corrected chi connectivity index (χ0v) is 7.84. The van der Waals surface area contributed by atoms with Gasteiger partial charge < -0.3 is 9.72 Å². The number of aromatic nitrogens is 2. The van der Waals surface area contributed by atoms with Gasteiger partial charge in [-0.25, -0.2) is 9.78 Å². The van der Waals surface area contributed by atoms with Gasteiger partial charge in [-0.2, -0.15) is 0 Å². The minimum atomic E-state index is -0.384. The number of aromatic amines is 1. The fourth-order valence-corrected chi connectivity index (χ4v) is 1.33. The number of H-pyrrole nitrogens is 1. The van der Waals surface area contributed by atoms with Gasteiger partial charge in [-0.1, -0.05) is 6.58 Å². The lowest BCUT2D eigenvalue weighted by molar-refractivity contribution is -0.137. The lowest BCUT2D eigenvalue weighted by atomic mass is 10.6. The zero-order valence-electron chi connectivity index (χ0n) is 7.03. The van der Waals surface area contributed by atoms with E-state index in [9.17, 15) is 4.79 Å². The minimum absolute atomic E-state index is 0.383. The summed E-state index contributed by atoms with van der Waals surface area (Å²) in [6, 6.07) is 0. The number of esters is 1. The Hall–Kier alpha value is -1.23. The van der Waals surface area contributed by atoms with Crippen LogP contribution in [0.3, 0.4) is 0 Å². The van der Waals surface area contributed by atoms with Crippen molar-refractivity contribution in [3.05, 3.63) is 25.2 Å². The predicted molar refractivity (Wildman–Crippen MR) is 50.5 cm³/mol. The average molecular weight is 198 g/mol. The van der Waals surface area contributed by atoms with E-state index in [1.54, 1.807) is 24.3 Å². The maximum absolute atomic E-state index is 10.6. The Morgan fingerprint density at radius 2 is 2.69 bits per heavy atom. The van der Waals surface area contributed by atoms with Crippen LogP contribution in [0.15, 0.2) is 30.2 Å². The molecule has 0 unspecified atom stereocenters. The highest BCUT2D eigenvalue weighted by molar-refractivity contribution is 7.99. The molecule has 0 aliphatic heterocycles. The van der Waals surface area contributed by atoms with E-state index in [4.69, 9.17) is 4.74 Å². The Morgan fingerprint density at radius 3 is 3.31 bits per heavy atom. The third kappa shape index (κ3) is 3.80. The molecule has 0 aliphatic rings. The maximum Gasteiger partial charge on any atom is 0.330 e. The second-order valence-corrected chi connectivity index (χ2v) is 3.27. The third-order valence-corrected chi connectivity index (χ3v) is 2.13. The van der Waals surface area contributed by atoms with Crippen LogP contribution < -0.4 is 0 Å². The summed E-state index contributed by atoms with van der Waals surface area (Å²) >= 11 is 1.55. The molecule has 0 saturated heterocycles. The number of nitrogens with one attached hydrogen (secondary N) is 1. The summed E-state index contributed by atoms with van der Waals surface area (Å²) in [6.07, 6.45) is 4.49. The van der Waals surface area contributed by atoms with Crippen molar-refractivity contribution in [2.45, 2.75) is 5.03 Å². The second kappa shape index (κ2) is 5.42. The molecule has 0 amide bonds. The predicted octanol–water partition coefficient (Wildman–Crippen LogP) is 1.23. The van der Waals surface area contributed by atoms with Gasteiger partial charge in [-0.15, -0.1) is 11.8 Å². The summed E-state index contributed by atoms with van der Waals surface area (Å²) < 4.78 is 4.78. The molecule has 1 N–H and O–H groups in total. The van der Waals surface area contributed by atoms with Crippen LogP contribution in [0.5, 0.6) is 0 Å². The molecular formula is C8H10N2O2S. The largest absolute Gasteiger partial charge is 0.462 e. The molecule has 0 fully saturated rings. The third-order valence-electron chi connectivity index (χ3n) is 1.23. The molecule has 0 radical (unpaired) electrons. The highest BCUT2D eigenvalue weighted by atomic mass is 32.2. The van der Waals surface area contributed by atoms with E-state index in [1.807, 2.05) is 0 Å². The fraction of sp³-hybridized carbons (Fsp3) is 0.250. The lowest BCUT2D eigenvalue weighted by Crippen LogP contribution is -2.03. The molecule has 70 valence electrons. The first-order valence-electron chi connectivity index (χ1n) is 3.73. The van der Waals surface area contributed by atoms with Crippen LogP contribution in [-0.2, 0) is 9.53 Å². The molecule has 0 saturated carbocycles. The van der Waals surface area contributed by atoms with E-state index in [-0.39, 0.29) is 5.97 Å². The number of thioether (sulfide) groups is 1. The smallest absolute Gasteiger partial charge is 0.330 e. The Balaban J connectivity index is 2.08. The molecular weight excluding hydrogens is 188 g/mol. The summed E-state index contributed by atoms with van der Waals surface area (Å²) in [6.45, 7) is 3.68. The first-order valence-corrected chi connectivity index (χ1v) is 4.72. The molecule has 0 atom stereocenters. The van der Waals surface area contributed by atoms with Crippen molar-refractivity contribution in [1.82, 2.24) is 9.97 Å². The highest BCUT2D eigenvalue weighted by Gasteiger charge is 1.97. The minimum Gasteiger partial charge on any atom is -0.462 e. The van der Waals surface area contributed by atoms with E-state index in [0.29, 0.717) is 12.4 Å². The number of imidazole rings is 1. The van der Waals surface area contributed by atoms with Crippen LogP contribution in [0, 0.1) is 0 Å². The molecule has 0 bridgehead atoms. The molecule has 1 rings (SSSR count). The van der Waals surface area contributed by atoms with Gasteiger partial charge in [0.05, 0.1) is 17.6 Å². The Labute approximate surface area is 80.4 Å². The molecule has 1 heterocycles. The van der Waals surface area contributed by atoms with Crippen molar-refractivity contribution in [3.8, 4) is 0 Å². The number of hydrogen-bond donors (Lipinski definition) is 1. The van der Waals surface area contributed by atoms with Crippen LogP contribution in [0.25, 0.3) is 0 Å². The van der Waals surface area contributed by atoms with Crippen molar-refractivity contribution < 1.29 is 9.53 Å². The summed E-state index contributed by atoms with van der Waals surface area (Å²) in [5, 5.41) is 0.967. The molecule has 5 heteroatoms. The molecule has 0 aromatic carbocycles. The molecule has 13 heavy (non-hydrogen) atoms. The number of carbonyl (C=O) groups is 1. The van der Waals surface area contributed by atoms with Gasteiger partial charge >= 0.3 is 5.97 Å². The fourth-order valence-electron chi connectivity index (χ4n) is 0.675. The molecule has 1 aromatic rings. The normalized spacial score (nSPS) is 9.54. The van der Waals surface area contributed by atoms with Crippen molar-refractivity contribution in [2.24, 2.45) is 0 Å². The van der Waals surface area contributed by atoms with Gasteiger partial charge in [0.15, 0.2) is 0 Å². The molecule has 0 spiro atoms. The highest BCUT2D eigenvalue weighted by Crippen LogP contribution is 2.12. The van der Waals surface area contributed by atoms with E-state index in [1.165, 1.54) is 0 Å². The first-order chi connectivity index (χ1) is 6.33. The SMILES string of the molecule is C=CC(=O)OCCSc1cnc[nH]1. The Kier molecular flexibility index (Phi) is 4.11. The molecule has 0 aliphatic carbocycles. The average Bonchev–Trinajstić information content (AvgIpc) is 2.64. The summed E-state index contributed by atoms with van der Waals surface area (Å²) in [7, 11) is 0. The van der Waals surface area contributed by atoms with Crippen LogP contribution >= 0.6 is 11.8 Å². The number of rotatable bonds is 5. The van der Waals surface area contributed by atoms with Crippen LogP contribution in [0.4, 0.5) is 0 Å². The van der Waals surface area contributed by atoms with Gasteiger partial charge in [0.1, 0.15) is 6.61 Å². The number of nitrogens with zero attached hydrogens (tertiary/aromatic N) is 1. The Morgan fingerprint density at radius 1 is 1.85 bits per heavy atom. The first kappa shape index (κ1) is 9.85. The van der Waals surface area contributed by atoms with Crippen LogP contribution in [0.2, 0.25) is 0 Å². The van der Waals surface area contributed by atoms with Gasteiger partial charge in [-0.3, -0.25) is 0 Å². The number of ether oxygens (including phenoxy) is 1. The standard InChI is InChI=1S/C8H10N2O2S/c1-2-8(11)12-3-4-13-7-5-9-6-10-7/h2,5-6H,1,3-4H2,(H,9,10). The topological polar surface area (TPSA) is 55.0 Å². The second-order valence-electron chi connectivity index (χ2n) is 2.14. The lowest BCUT2D eigenvalue weighted by Gasteiger charge is -1.99. The van der Waals surface area contributed by atoms with E-state index in [0.717, 1.165) is 11.1 Å². The van der Waals surface area contributed by atoms with Crippen molar-refractivity contribution in [3.63, 3.8) is 0 Å². The maximum atomic E-state index is 10.6. The zero-order chi connectivity index (χ0) is 9.52. The van der Waals surface area contributed by atoms with E-state index < -0.39 is 0 Å². The van der Waals surface area contributed by atoms with Gasteiger partial charge in [-0.05, 0) is 0 Å². The van der Waals surface area contributed by atoms with Crippen LogP contribution in [0.1, 0.15) is 0 Å².